The number of rotatable bonds is 10. The highest BCUT2D eigenvalue weighted by molar-refractivity contribution is 5.10. The lowest BCUT2D eigenvalue weighted by Gasteiger charge is -2.63. The summed E-state index contributed by atoms with van der Waals surface area (Å²) >= 11 is 0. The van der Waals surface area contributed by atoms with E-state index in [2.05, 4.69) is 34.1 Å². The monoisotopic (exact) mass is 821 g/mol. The fourth-order valence-electron chi connectivity index (χ4n) is 18.2. The van der Waals surface area contributed by atoms with Gasteiger partial charge < -0.3 is 0 Å². The molecule has 0 heterocycles. The van der Waals surface area contributed by atoms with Crippen molar-refractivity contribution < 1.29 is 0 Å². The van der Waals surface area contributed by atoms with E-state index in [1.165, 1.54) is 193 Å². The molecule has 0 radical (unpaired) electrons. The van der Waals surface area contributed by atoms with Crippen LogP contribution in [0.25, 0.3) is 0 Å². The van der Waals surface area contributed by atoms with Crippen LogP contribution >= 0.6 is 0 Å². The standard InChI is InChI=1S/C58H96N2/c1-5-17-43(18-6-1)29-31-45-33-37-49(38-34-45)59(47-21-9-3-10-22-47)57-41-55-52-26-14-16-28-54(52)58(42-56(55)51-25-13-15-27-53(51)57)60(48-23-11-4-12-24-48)50-39-35-46(36-40-50)32-30-44-19-7-2-8-20-44/h29-32,43-58H,1-28,33-42H2. The van der Waals surface area contributed by atoms with Crippen LogP contribution < -0.4 is 0 Å². The number of fused-ring (bicyclic) bond motifs is 5. The Morgan fingerprint density at radius 3 is 0.833 bits per heavy atom. The van der Waals surface area contributed by atoms with Gasteiger partial charge in [-0.3, -0.25) is 9.80 Å². The molecule has 10 aliphatic carbocycles. The Morgan fingerprint density at radius 1 is 0.217 bits per heavy atom. The van der Waals surface area contributed by atoms with Crippen LogP contribution in [0.15, 0.2) is 24.3 Å². The second kappa shape index (κ2) is 21.1. The minimum absolute atomic E-state index is 0.869. The third kappa shape index (κ3) is 9.96. The van der Waals surface area contributed by atoms with Crippen molar-refractivity contribution in [1.82, 2.24) is 9.80 Å². The largest absolute Gasteiger partial charge is 0.294 e. The highest BCUT2D eigenvalue weighted by atomic mass is 15.2. The highest BCUT2D eigenvalue weighted by Crippen LogP contribution is 2.60. The molecule has 0 aliphatic heterocycles. The summed E-state index contributed by atoms with van der Waals surface area (Å²) in [7, 11) is 0. The molecule has 0 aromatic heterocycles. The molecule has 10 rings (SSSR count). The number of hydrogen-bond donors (Lipinski definition) is 0. The molecule has 10 aliphatic rings. The molecule has 10 saturated carbocycles. The zero-order valence-corrected chi connectivity index (χ0v) is 39.3. The average Bonchev–Trinajstić information content (AvgIpc) is 3.33. The first-order valence-electron chi connectivity index (χ1n) is 28.7. The molecule has 10 fully saturated rings. The zero-order chi connectivity index (χ0) is 40.1. The Hall–Kier alpha value is -0.600. The van der Waals surface area contributed by atoms with Crippen molar-refractivity contribution in [2.24, 2.45) is 59.2 Å². The summed E-state index contributed by atoms with van der Waals surface area (Å²) in [5.74, 6) is 9.66. The van der Waals surface area contributed by atoms with Crippen molar-refractivity contribution in [3.8, 4) is 0 Å². The van der Waals surface area contributed by atoms with E-state index in [4.69, 9.17) is 0 Å². The predicted octanol–water partition coefficient (Wildman–Crippen LogP) is 16.0. The Kier molecular flexibility index (Phi) is 15.3. The van der Waals surface area contributed by atoms with Crippen LogP contribution in [0, 0.1) is 59.2 Å². The van der Waals surface area contributed by atoms with E-state index >= 15 is 0 Å². The van der Waals surface area contributed by atoms with Gasteiger partial charge in [0.15, 0.2) is 0 Å². The van der Waals surface area contributed by atoms with Crippen LogP contribution in [-0.2, 0) is 0 Å². The second-order valence-electron chi connectivity index (χ2n) is 24.3. The smallest absolute Gasteiger partial charge is 0.0135 e. The van der Waals surface area contributed by atoms with E-state index in [-0.39, 0.29) is 0 Å². The van der Waals surface area contributed by atoms with Gasteiger partial charge in [0.2, 0.25) is 0 Å². The van der Waals surface area contributed by atoms with Crippen molar-refractivity contribution >= 4 is 0 Å². The number of hydrogen-bond acceptors (Lipinski definition) is 2. The minimum Gasteiger partial charge on any atom is -0.294 e. The Bertz CT molecular complexity index is 1220. The Balaban J connectivity index is 0.882. The van der Waals surface area contributed by atoms with Crippen LogP contribution in [-0.4, -0.2) is 46.1 Å². The molecule has 2 heteroatoms. The van der Waals surface area contributed by atoms with Gasteiger partial charge >= 0.3 is 0 Å². The topological polar surface area (TPSA) is 6.48 Å². The molecule has 338 valence electrons. The Labute approximate surface area is 372 Å². The van der Waals surface area contributed by atoms with E-state index in [0.717, 1.165) is 95.4 Å². The van der Waals surface area contributed by atoms with Crippen LogP contribution in [0.3, 0.4) is 0 Å². The maximum absolute atomic E-state index is 3.44. The average molecular weight is 821 g/mol. The van der Waals surface area contributed by atoms with Crippen molar-refractivity contribution in [1.29, 1.82) is 0 Å². The van der Waals surface area contributed by atoms with Gasteiger partial charge in [-0.2, -0.15) is 0 Å². The van der Waals surface area contributed by atoms with E-state index in [9.17, 15) is 0 Å². The van der Waals surface area contributed by atoms with Crippen LogP contribution in [0.2, 0.25) is 0 Å². The molecule has 0 saturated heterocycles. The molecule has 2 nitrogen and oxygen atoms in total. The molecule has 0 N–H and O–H groups in total. The maximum Gasteiger partial charge on any atom is 0.0135 e. The summed E-state index contributed by atoms with van der Waals surface area (Å²) in [6.45, 7) is 0. The van der Waals surface area contributed by atoms with Crippen molar-refractivity contribution in [3.05, 3.63) is 24.3 Å². The van der Waals surface area contributed by atoms with Gasteiger partial charge in [0, 0.05) is 36.3 Å². The molecule has 8 unspecified atom stereocenters. The zero-order valence-electron chi connectivity index (χ0n) is 39.3. The SMILES string of the molecule is C(=CC1CCC(N(C2CCCCC2)C2CC3C(CC(N(C4CCCCC4)C4CCC(C=CC5CCCCC5)CC4)C4CCCCC34)C3CCCCC32)CC1)C1CCCCC1. The lowest BCUT2D eigenvalue weighted by atomic mass is 9.48. The first-order chi connectivity index (χ1) is 29.8. The fraction of sp³-hybridized carbons (Fsp3) is 0.931. The van der Waals surface area contributed by atoms with Gasteiger partial charge in [-0.1, -0.05) is 127 Å². The predicted molar refractivity (Wildman–Crippen MR) is 255 cm³/mol. The van der Waals surface area contributed by atoms with Gasteiger partial charge in [-0.25, -0.2) is 0 Å². The summed E-state index contributed by atoms with van der Waals surface area (Å²) in [4.78, 5) is 6.89. The normalized spacial score (nSPS) is 42.4. The third-order valence-electron chi connectivity index (χ3n) is 21.1. The Morgan fingerprint density at radius 2 is 0.483 bits per heavy atom. The fourth-order valence-corrected chi connectivity index (χ4v) is 18.2. The third-order valence-corrected chi connectivity index (χ3v) is 21.1. The van der Waals surface area contributed by atoms with Crippen LogP contribution in [0.4, 0.5) is 0 Å². The molecule has 8 atom stereocenters. The van der Waals surface area contributed by atoms with E-state index < -0.39 is 0 Å². The van der Waals surface area contributed by atoms with Crippen molar-refractivity contribution in [3.63, 3.8) is 0 Å². The lowest BCUT2D eigenvalue weighted by Crippen LogP contribution is -2.64. The van der Waals surface area contributed by atoms with Gasteiger partial charge in [-0.15, -0.1) is 0 Å². The van der Waals surface area contributed by atoms with Gasteiger partial charge in [0.25, 0.3) is 0 Å². The van der Waals surface area contributed by atoms with Gasteiger partial charge in [0.1, 0.15) is 0 Å². The second-order valence-corrected chi connectivity index (χ2v) is 24.3. The minimum atomic E-state index is 0.869. The van der Waals surface area contributed by atoms with E-state index in [0.29, 0.717) is 0 Å². The van der Waals surface area contributed by atoms with Crippen LogP contribution in [0.1, 0.15) is 244 Å². The van der Waals surface area contributed by atoms with Crippen molar-refractivity contribution in [2.75, 3.05) is 0 Å². The lowest BCUT2D eigenvalue weighted by molar-refractivity contribution is -0.139. The van der Waals surface area contributed by atoms with Crippen molar-refractivity contribution in [2.45, 2.75) is 280 Å². The summed E-state index contributed by atoms with van der Waals surface area (Å²) in [6.07, 6.45) is 68.4. The number of nitrogens with zero attached hydrogens (tertiary/aromatic N) is 2. The highest BCUT2D eigenvalue weighted by Gasteiger charge is 2.57. The summed E-state index contributed by atoms with van der Waals surface area (Å²) in [5, 5.41) is 0. The molecule has 60 heavy (non-hydrogen) atoms. The van der Waals surface area contributed by atoms with Crippen LogP contribution in [0.5, 0.6) is 0 Å². The molecular weight excluding hydrogens is 725 g/mol. The quantitative estimate of drug-likeness (QED) is 0.203. The number of allylic oxidation sites excluding steroid dienone is 4. The summed E-state index contributed by atoms with van der Waals surface area (Å²) < 4.78 is 0. The first-order valence-corrected chi connectivity index (χ1v) is 28.7. The molecule has 0 amide bonds. The molecule has 0 aromatic rings. The van der Waals surface area contributed by atoms with Gasteiger partial charge in [0.05, 0.1) is 0 Å². The maximum atomic E-state index is 3.44. The molecule has 0 spiro atoms. The summed E-state index contributed by atoms with van der Waals surface area (Å²) in [5.41, 5.74) is 0. The first kappa shape index (κ1) is 43.3. The van der Waals surface area contributed by atoms with E-state index in [1.54, 1.807) is 51.4 Å². The van der Waals surface area contributed by atoms with E-state index in [1.807, 2.05) is 0 Å². The molecular formula is C58H96N2. The molecule has 0 aromatic carbocycles. The molecule has 0 bridgehead atoms. The van der Waals surface area contributed by atoms with Gasteiger partial charge in [-0.05, 0) is 200 Å². The summed E-state index contributed by atoms with van der Waals surface area (Å²) in [6, 6.07) is 5.37.